The minimum atomic E-state index is -4.44. The largest absolute Gasteiger partial charge is 0.406 e. The number of aromatic nitrogens is 2. The van der Waals surface area contributed by atoms with Crippen molar-refractivity contribution in [1.82, 2.24) is 14.7 Å². The minimum Gasteiger partial charge on any atom is -0.329 e. The first-order chi connectivity index (χ1) is 11.9. The summed E-state index contributed by atoms with van der Waals surface area (Å²) in [6, 6.07) is 8.39. The van der Waals surface area contributed by atoms with Gasteiger partial charge in [0.05, 0.1) is 11.4 Å². The molecule has 0 aliphatic carbocycles. The maximum absolute atomic E-state index is 12.9. The van der Waals surface area contributed by atoms with Gasteiger partial charge in [-0.2, -0.15) is 18.3 Å². The second-order valence-electron chi connectivity index (χ2n) is 7.72. The fraction of sp³-hybridized carbons (Fsp3) is 0.474. The highest BCUT2D eigenvalue weighted by molar-refractivity contribution is 5.94. The second-order valence-corrected chi connectivity index (χ2v) is 7.72. The van der Waals surface area contributed by atoms with Gasteiger partial charge in [0.2, 0.25) is 0 Å². The molecule has 0 N–H and O–H groups in total. The van der Waals surface area contributed by atoms with Crippen LogP contribution in [0.2, 0.25) is 0 Å². The van der Waals surface area contributed by atoms with Gasteiger partial charge in [0.1, 0.15) is 6.54 Å². The summed E-state index contributed by atoms with van der Waals surface area (Å²) in [5, 5.41) is 4.36. The quantitative estimate of drug-likeness (QED) is 0.796. The summed E-state index contributed by atoms with van der Waals surface area (Å²) < 4.78 is 40.4. The van der Waals surface area contributed by atoms with Gasteiger partial charge in [-0.15, -0.1) is 0 Å². The molecule has 0 bridgehead atoms. The van der Waals surface area contributed by atoms with Crippen LogP contribution in [0.15, 0.2) is 30.3 Å². The third-order valence-electron chi connectivity index (χ3n) is 3.69. The monoisotopic (exact) mass is 367 g/mol. The molecule has 0 unspecified atom stereocenters. The number of benzene rings is 1. The average Bonchev–Trinajstić information content (AvgIpc) is 2.82. The molecule has 26 heavy (non-hydrogen) atoms. The lowest BCUT2D eigenvalue weighted by atomic mass is 9.95. The molecule has 0 saturated heterocycles. The highest BCUT2D eigenvalue weighted by Crippen LogP contribution is 2.23. The molecule has 0 saturated carbocycles. The lowest BCUT2D eigenvalue weighted by molar-refractivity contribution is -0.142. The molecule has 2 rings (SSSR count). The molecule has 0 radical (unpaired) electrons. The maximum atomic E-state index is 12.9. The van der Waals surface area contributed by atoms with Crippen LogP contribution in [0.1, 0.15) is 42.5 Å². The third kappa shape index (κ3) is 5.34. The van der Waals surface area contributed by atoms with Gasteiger partial charge >= 0.3 is 6.18 Å². The summed E-state index contributed by atoms with van der Waals surface area (Å²) in [5.74, 6) is -0.628. The van der Waals surface area contributed by atoms with Gasteiger partial charge in [0.25, 0.3) is 5.91 Å². The molecule has 1 aromatic carbocycles. The van der Waals surface area contributed by atoms with E-state index in [-0.39, 0.29) is 12.1 Å². The van der Waals surface area contributed by atoms with E-state index in [1.165, 1.54) is 0 Å². The predicted octanol–water partition coefficient (Wildman–Crippen LogP) is 4.54. The number of rotatable bonds is 4. The molecule has 1 amide bonds. The number of hydrogen-bond donors (Lipinski definition) is 0. The summed E-state index contributed by atoms with van der Waals surface area (Å²) in [6.45, 7) is 7.95. The van der Waals surface area contributed by atoms with Crippen molar-refractivity contribution in [3.8, 4) is 5.69 Å². The zero-order valence-electron chi connectivity index (χ0n) is 15.7. The molecule has 0 aliphatic rings. The van der Waals surface area contributed by atoms with E-state index in [9.17, 15) is 18.0 Å². The summed E-state index contributed by atoms with van der Waals surface area (Å²) in [4.78, 5) is 13.5. The molecule has 0 spiro atoms. The average molecular weight is 367 g/mol. The molecule has 142 valence electrons. The summed E-state index contributed by atoms with van der Waals surface area (Å²) in [7, 11) is 0. The molecular formula is C19H24F3N3O. The van der Waals surface area contributed by atoms with Gasteiger partial charge in [-0.25, -0.2) is 4.68 Å². The van der Waals surface area contributed by atoms with Crippen LogP contribution in [0.5, 0.6) is 0 Å². The second kappa shape index (κ2) is 7.13. The van der Waals surface area contributed by atoms with Crippen LogP contribution in [0.3, 0.4) is 0 Å². The molecule has 7 heteroatoms. The van der Waals surface area contributed by atoms with E-state index in [2.05, 4.69) is 5.10 Å². The number of amides is 1. The Balaban J connectivity index is 2.26. The van der Waals surface area contributed by atoms with Crippen LogP contribution in [-0.2, 0) is 0 Å². The predicted molar refractivity (Wildman–Crippen MR) is 94.5 cm³/mol. The summed E-state index contributed by atoms with van der Waals surface area (Å²) >= 11 is 0. The van der Waals surface area contributed by atoms with Crippen LogP contribution in [0, 0.1) is 19.3 Å². The van der Waals surface area contributed by atoms with Gasteiger partial charge in [0, 0.05) is 17.8 Å². The van der Waals surface area contributed by atoms with Crippen LogP contribution in [0.4, 0.5) is 13.2 Å². The van der Waals surface area contributed by atoms with Crippen molar-refractivity contribution in [3.05, 3.63) is 47.3 Å². The van der Waals surface area contributed by atoms with Crippen molar-refractivity contribution in [2.45, 2.75) is 40.8 Å². The van der Waals surface area contributed by atoms with Gasteiger partial charge < -0.3 is 4.90 Å². The van der Waals surface area contributed by atoms with Crippen molar-refractivity contribution < 1.29 is 18.0 Å². The number of alkyl halides is 3. The molecule has 0 aliphatic heterocycles. The molecular weight excluding hydrogens is 343 g/mol. The van der Waals surface area contributed by atoms with Crippen LogP contribution < -0.4 is 0 Å². The van der Waals surface area contributed by atoms with E-state index in [1.807, 2.05) is 19.9 Å². The molecule has 4 nitrogen and oxygen atoms in total. The van der Waals surface area contributed by atoms with Crippen LogP contribution in [-0.4, -0.2) is 39.9 Å². The Morgan fingerprint density at radius 1 is 1.08 bits per heavy atom. The van der Waals surface area contributed by atoms with Gasteiger partial charge in [-0.1, -0.05) is 20.8 Å². The lowest BCUT2D eigenvalue weighted by Gasteiger charge is -2.30. The van der Waals surface area contributed by atoms with E-state index >= 15 is 0 Å². The Morgan fingerprint density at radius 2 is 1.65 bits per heavy atom. The van der Waals surface area contributed by atoms with Crippen molar-refractivity contribution in [3.63, 3.8) is 0 Å². The fourth-order valence-electron chi connectivity index (χ4n) is 2.81. The number of nitrogens with zero attached hydrogens (tertiary/aromatic N) is 3. The first kappa shape index (κ1) is 20.0. The third-order valence-corrected chi connectivity index (χ3v) is 3.69. The molecule has 1 aromatic heterocycles. The van der Waals surface area contributed by atoms with Crippen molar-refractivity contribution >= 4 is 5.91 Å². The van der Waals surface area contributed by atoms with Gasteiger partial charge in [-0.3, -0.25) is 4.79 Å². The first-order valence-corrected chi connectivity index (χ1v) is 8.35. The molecule has 1 heterocycles. The Hall–Kier alpha value is -2.31. The van der Waals surface area contributed by atoms with Gasteiger partial charge in [-0.05, 0) is 49.6 Å². The van der Waals surface area contributed by atoms with E-state index in [4.69, 9.17) is 0 Å². The van der Waals surface area contributed by atoms with E-state index in [0.717, 1.165) is 22.0 Å². The fourth-order valence-corrected chi connectivity index (χ4v) is 2.81. The smallest absolute Gasteiger partial charge is 0.329 e. The number of hydrogen-bond acceptors (Lipinski definition) is 2. The number of carbonyl (C=O) groups is 1. The van der Waals surface area contributed by atoms with Crippen molar-refractivity contribution in [2.24, 2.45) is 5.41 Å². The molecule has 2 aromatic rings. The van der Waals surface area contributed by atoms with E-state index < -0.39 is 24.0 Å². The first-order valence-electron chi connectivity index (χ1n) is 8.35. The highest BCUT2D eigenvalue weighted by atomic mass is 19.4. The summed E-state index contributed by atoms with van der Waals surface area (Å²) in [5.41, 5.74) is 2.34. The SMILES string of the molecule is Cc1cc(C)n(-c2ccc(C(=O)N(CC(C)(C)C)CC(F)(F)F)cc2)n1. The van der Waals surface area contributed by atoms with Crippen LogP contribution in [0.25, 0.3) is 5.69 Å². The van der Waals surface area contributed by atoms with Crippen molar-refractivity contribution in [2.75, 3.05) is 13.1 Å². The molecule has 0 fully saturated rings. The Labute approximate surface area is 151 Å². The number of carbonyl (C=O) groups excluding carboxylic acids is 1. The number of halogens is 3. The van der Waals surface area contributed by atoms with E-state index in [1.54, 1.807) is 49.7 Å². The van der Waals surface area contributed by atoms with Crippen molar-refractivity contribution in [1.29, 1.82) is 0 Å². The van der Waals surface area contributed by atoms with E-state index in [0.29, 0.717) is 0 Å². The molecule has 0 atom stereocenters. The Kier molecular flexibility index (Phi) is 5.49. The Bertz CT molecular complexity index is 755. The lowest BCUT2D eigenvalue weighted by Crippen LogP contribution is -2.43. The summed E-state index contributed by atoms with van der Waals surface area (Å²) in [6.07, 6.45) is -4.44. The standard InChI is InChI=1S/C19H24F3N3O/c1-13-10-14(2)25(23-13)16-8-6-15(7-9-16)17(26)24(11-18(3,4)5)12-19(20,21)22/h6-10H,11-12H2,1-5H3. The van der Waals surface area contributed by atoms with Gasteiger partial charge in [0.15, 0.2) is 0 Å². The number of aryl methyl sites for hydroxylation is 2. The Morgan fingerprint density at radius 3 is 2.08 bits per heavy atom. The maximum Gasteiger partial charge on any atom is 0.406 e. The van der Waals surface area contributed by atoms with Crippen LogP contribution >= 0.6 is 0 Å². The minimum absolute atomic E-state index is 0.0184. The highest BCUT2D eigenvalue weighted by Gasteiger charge is 2.35. The normalized spacial score (nSPS) is 12.3. The zero-order chi connectivity index (χ0) is 19.7. The topological polar surface area (TPSA) is 38.1 Å². The zero-order valence-corrected chi connectivity index (χ0v) is 15.7.